The summed E-state index contributed by atoms with van der Waals surface area (Å²) in [6, 6.07) is 14.1. The molecule has 0 amide bonds. The monoisotopic (exact) mass is 299 g/mol. The van der Waals surface area contributed by atoms with Gasteiger partial charge >= 0.3 is 0 Å². The predicted octanol–water partition coefficient (Wildman–Crippen LogP) is 2.92. The summed E-state index contributed by atoms with van der Waals surface area (Å²) in [5.41, 5.74) is 7.77. The van der Waals surface area contributed by atoms with Crippen LogP contribution in [0.3, 0.4) is 0 Å². The van der Waals surface area contributed by atoms with Gasteiger partial charge in [-0.2, -0.15) is 0 Å². The van der Waals surface area contributed by atoms with Crippen LogP contribution in [0.15, 0.2) is 53.5 Å². The molecule has 2 aromatic carbocycles. The molecule has 1 aliphatic rings. The quantitative estimate of drug-likeness (QED) is 0.916. The molecule has 2 aromatic rings. The number of aliphatic imine (C=N–C) groups is 1. The van der Waals surface area contributed by atoms with E-state index in [1.807, 2.05) is 30.3 Å². The first-order valence-electron chi connectivity index (χ1n) is 7.15. The normalized spacial score (nSPS) is 20.9. The zero-order valence-electron chi connectivity index (χ0n) is 12.3. The van der Waals surface area contributed by atoms with E-state index in [0.29, 0.717) is 12.4 Å². The number of hydrogen-bond donors (Lipinski definition) is 2. The number of hydrogen-bond acceptors (Lipinski definition) is 4. The summed E-state index contributed by atoms with van der Waals surface area (Å²) in [5.74, 6) is 0.891. The molecule has 1 heterocycles. The molecule has 0 saturated carbocycles. The number of methoxy groups -OCH3 is 1. The zero-order chi connectivity index (χ0) is 15.5. The first-order chi connectivity index (χ1) is 10.7. The predicted molar refractivity (Wildman–Crippen MR) is 84.3 cm³/mol. The Morgan fingerprint density at radius 3 is 2.82 bits per heavy atom. The molecule has 0 aliphatic carbocycles. The molecule has 0 spiro atoms. The maximum absolute atomic E-state index is 13.4. The lowest BCUT2D eigenvalue weighted by molar-refractivity contribution is 0.394. The smallest absolute Gasteiger partial charge is 0.189 e. The van der Waals surface area contributed by atoms with E-state index in [1.54, 1.807) is 13.2 Å². The number of halogens is 1. The Labute approximate surface area is 128 Å². The van der Waals surface area contributed by atoms with Gasteiger partial charge in [-0.05, 0) is 30.2 Å². The average molecular weight is 299 g/mol. The zero-order valence-corrected chi connectivity index (χ0v) is 12.3. The summed E-state index contributed by atoms with van der Waals surface area (Å²) in [6.45, 7) is 0. The second-order valence-electron chi connectivity index (χ2n) is 5.26. The average Bonchev–Trinajstić information content (AvgIpc) is 2.54. The van der Waals surface area contributed by atoms with Crippen molar-refractivity contribution in [2.24, 2.45) is 10.7 Å². The molecule has 5 heteroatoms. The maximum atomic E-state index is 13.4. The second kappa shape index (κ2) is 6.05. The van der Waals surface area contributed by atoms with Crippen LogP contribution in [-0.4, -0.2) is 13.1 Å². The first-order valence-corrected chi connectivity index (χ1v) is 7.15. The van der Waals surface area contributed by atoms with E-state index in [4.69, 9.17) is 10.5 Å². The molecule has 3 rings (SSSR count). The highest BCUT2D eigenvalue weighted by atomic mass is 19.1. The van der Waals surface area contributed by atoms with Crippen molar-refractivity contribution in [3.05, 3.63) is 65.5 Å². The number of ether oxygens (including phenoxy) is 1. The van der Waals surface area contributed by atoms with Crippen LogP contribution in [0.1, 0.15) is 29.6 Å². The highest BCUT2D eigenvalue weighted by Crippen LogP contribution is 2.35. The van der Waals surface area contributed by atoms with Crippen LogP contribution in [0.4, 0.5) is 4.39 Å². The molecule has 2 unspecified atom stereocenters. The molecule has 3 N–H and O–H groups in total. The fourth-order valence-corrected chi connectivity index (χ4v) is 2.80. The number of nitrogens with zero attached hydrogens (tertiary/aromatic N) is 1. The van der Waals surface area contributed by atoms with E-state index in [2.05, 4.69) is 10.3 Å². The topological polar surface area (TPSA) is 59.6 Å². The van der Waals surface area contributed by atoms with Gasteiger partial charge in [0.15, 0.2) is 5.96 Å². The minimum atomic E-state index is -0.265. The van der Waals surface area contributed by atoms with E-state index in [9.17, 15) is 4.39 Å². The minimum Gasteiger partial charge on any atom is -0.496 e. The largest absolute Gasteiger partial charge is 0.496 e. The molecule has 0 radical (unpaired) electrons. The van der Waals surface area contributed by atoms with Gasteiger partial charge in [-0.25, -0.2) is 9.38 Å². The Bertz CT molecular complexity index is 702. The Kier molecular flexibility index (Phi) is 3.96. The summed E-state index contributed by atoms with van der Waals surface area (Å²) < 4.78 is 18.9. The van der Waals surface area contributed by atoms with Crippen molar-refractivity contribution in [3.63, 3.8) is 0 Å². The number of para-hydroxylation sites is 1. The molecular formula is C17H18FN3O. The number of nitrogens with two attached hydrogens (primary N) is 1. The Morgan fingerprint density at radius 2 is 2.05 bits per heavy atom. The van der Waals surface area contributed by atoms with Crippen LogP contribution in [0.2, 0.25) is 0 Å². The van der Waals surface area contributed by atoms with Gasteiger partial charge < -0.3 is 15.8 Å². The molecule has 0 saturated heterocycles. The Balaban J connectivity index is 1.92. The molecule has 0 fully saturated rings. The molecule has 1 aliphatic heterocycles. The standard InChI is InChI=1S/C17H18FN3O/c1-22-16-8-3-2-7-13(16)15-10-14(20-17(19)21-15)11-5-4-6-12(18)9-11/h2-9,14-15H,10H2,1H3,(H3,19,20,21). The number of guanidine groups is 1. The summed E-state index contributed by atoms with van der Waals surface area (Å²) in [5, 5.41) is 3.18. The van der Waals surface area contributed by atoms with E-state index in [0.717, 1.165) is 16.9 Å². The summed E-state index contributed by atoms with van der Waals surface area (Å²) >= 11 is 0. The third-order valence-corrected chi connectivity index (χ3v) is 3.82. The SMILES string of the molecule is COc1ccccc1C1CC(c2cccc(F)c2)N=C(N)N1. The summed E-state index contributed by atoms with van der Waals surface area (Å²) in [6.07, 6.45) is 0.685. The van der Waals surface area contributed by atoms with Gasteiger partial charge in [0.05, 0.1) is 19.2 Å². The lowest BCUT2D eigenvalue weighted by Gasteiger charge is -2.29. The van der Waals surface area contributed by atoms with Gasteiger partial charge in [0.2, 0.25) is 0 Å². The third kappa shape index (κ3) is 2.88. The molecule has 0 aromatic heterocycles. The van der Waals surface area contributed by atoms with Crippen molar-refractivity contribution in [1.82, 2.24) is 5.32 Å². The third-order valence-electron chi connectivity index (χ3n) is 3.82. The highest BCUT2D eigenvalue weighted by molar-refractivity contribution is 5.79. The van der Waals surface area contributed by atoms with Crippen LogP contribution in [0, 0.1) is 5.82 Å². The van der Waals surface area contributed by atoms with Gasteiger partial charge in [-0.1, -0.05) is 30.3 Å². The van der Waals surface area contributed by atoms with E-state index >= 15 is 0 Å². The lowest BCUT2D eigenvalue weighted by atomic mass is 9.93. The first kappa shape index (κ1) is 14.4. The fourth-order valence-electron chi connectivity index (χ4n) is 2.80. The van der Waals surface area contributed by atoms with Crippen LogP contribution in [0.25, 0.3) is 0 Å². The van der Waals surface area contributed by atoms with Crippen molar-refractivity contribution < 1.29 is 9.13 Å². The molecule has 22 heavy (non-hydrogen) atoms. The van der Waals surface area contributed by atoms with Gasteiger partial charge in [-0.3, -0.25) is 0 Å². The van der Waals surface area contributed by atoms with Crippen LogP contribution in [0.5, 0.6) is 5.75 Å². The van der Waals surface area contributed by atoms with Gasteiger partial charge in [-0.15, -0.1) is 0 Å². The van der Waals surface area contributed by atoms with Crippen LogP contribution in [-0.2, 0) is 0 Å². The Hall–Kier alpha value is -2.56. The number of rotatable bonds is 3. The van der Waals surface area contributed by atoms with Gasteiger partial charge in [0.1, 0.15) is 11.6 Å². The number of benzene rings is 2. The van der Waals surface area contributed by atoms with Crippen molar-refractivity contribution >= 4 is 5.96 Å². The number of nitrogens with one attached hydrogen (secondary N) is 1. The van der Waals surface area contributed by atoms with Crippen molar-refractivity contribution in [2.45, 2.75) is 18.5 Å². The maximum Gasteiger partial charge on any atom is 0.189 e. The van der Waals surface area contributed by atoms with Crippen molar-refractivity contribution in [2.75, 3.05) is 7.11 Å². The summed E-state index contributed by atoms with van der Waals surface area (Å²) in [4.78, 5) is 4.40. The van der Waals surface area contributed by atoms with Gasteiger partial charge in [0, 0.05) is 5.56 Å². The molecule has 114 valence electrons. The summed E-state index contributed by atoms with van der Waals surface area (Å²) in [7, 11) is 1.64. The van der Waals surface area contributed by atoms with E-state index in [1.165, 1.54) is 12.1 Å². The van der Waals surface area contributed by atoms with Crippen molar-refractivity contribution in [3.8, 4) is 5.75 Å². The molecule has 4 nitrogen and oxygen atoms in total. The molecular weight excluding hydrogens is 281 g/mol. The van der Waals surface area contributed by atoms with E-state index in [-0.39, 0.29) is 17.9 Å². The minimum absolute atomic E-state index is 0.0260. The van der Waals surface area contributed by atoms with Crippen molar-refractivity contribution in [1.29, 1.82) is 0 Å². The highest BCUT2D eigenvalue weighted by Gasteiger charge is 2.26. The Morgan fingerprint density at radius 1 is 1.23 bits per heavy atom. The molecule has 0 bridgehead atoms. The molecule has 2 atom stereocenters. The second-order valence-corrected chi connectivity index (χ2v) is 5.26. The van der Waals surface area contributed by atoms with Gasteiger partial charge in [0.25, 0.3) is 0 Å². The van der Waals surface area contributed by atoms with Crippen LogP contribution < -0.4 is 15.8 Å². The lowest BCUT2D eigenvalue weighted by Crippen LogP contribution is -2.39. The van der Waals surface area contributed by atoms with E-state index < -0.39 is 0 Å². The van der Waals surface area contributed by atoms with Crippen LogP contribution >= 0.6 is 0 Å². The fraction of sp³-hybridized carbons (Fsp3) is 0.235.